The van der Waals surface area contributed by atoms with E-state index in [1.54, 1.807) is 6.07 Å². The Morgan fingerprint density at radius 1 is 1.19 bits per heavy atom. The zero-order chi connectivity index (χ0) is 21.6. The molecule has 162 valence electrons. The van der Waals surface area contributed by atoms with Gasteiger partial charge in [0.2, 0.25) is 0 Å². The monoisotopic (exact) mass is 419 g/mol. The molecular weight excluding hydrogens is 388 g/mol. The van der Waals surface area contributed by atoms with E-state index in [2.05, 4.69) is 40.4 Å². The fraction of sp³-hybridized carbons (Fsp3) is 0.400. The fourth-order valence-electron chi connectivity index (χ4n) is 4.50. The van der Waals surface area contributed by atoms with Crippen molar-refractivity contribution in [1.29, 1.82) is 0 Å². The number of aryl methyl sites for hydroxylation is 1. The molecule has 1 aromatic heterocycles. The molecule has 3 N–H and O–H groups in total. The normalized spacial score (nSPS) is 16.6. The molecule has 1 aliphatic carbocycles. The molecule has 1 heterocycles. The zero-order valence-electron chi connectivity index (χ0n) is 18.1. The summed E-state index contributed by atoms with van der Waals surface area (Å²) in [7, 11) is 0. The number of H-pyrrole nitrogens is 1. The lowest BCUT2D eigenvalue weighted by molar-refractivity contribution is -0.906. The minimum absolute atomic E-state index is 0.0518. The standard InChI is InChI=1S/C25H30N4O2/c1-2-3-15-29(16-23-26-22-13-7-6-12-20(22)25(31)28-23)17-24(30)27-21-14-8-10-18-9-4-5-11-19(18)21/h4-7,9,11-13,21H,2-3,8,10,14-17H2,1H3,(H,27,30)(H,26,28,31)/p+1/t21-/m0/s1. The number of nitrogens with one attached hydrogen (secondary N) is 3. The average molecular weight is 420 g/mol. The van der Waals surface area contributed by atoms with Crippen LogP contribution in [-0.4, -0.2) is 29.0 Å². The van der Waals surface area contributed by atoms with Crippen molar-refractivity contribution in [3.05, 3.63) is 75.8 Å². The third kappa shape index (κ3) is 5.20. The van der Waals surface area contributed by atoms with E-state index >= 15 is 0 Å². The first-order valence-electron chi connectivity index (χ1n) is 11.3. The maximum atomic E-state index is 12.9. The van der Waals surface area contributed by atoms with Crippen molar-refractivity contribution in [1.82, 2.24) is 15.3 Å². The summed E-state index contributed by atoms with van der Waals surface area (Å²) in [4.78, 5) is 34.0. The topological polar surface area (TPSA) is 79.3 Å². The van der Waals surface area contributed by atoms with Crippen LogP contribution in [0.3, 0.4) is 0 Å². The third-order valence-electron chi connectivity index (χ3n) is 6.08. The Hall–Kier alpha value is -2.99. The first-order valence-corrected chi connectivity index (χ1v) is 11.3. The molecule has 0 saturated carbocycles. The van der Waals surface area contributed by atoms with Gasteiger partial charge < -0.3 is 15.2 Å². The molecular formula is C25H31N4O2+. The summed E-state index contributed by atoms with van der Waals surface area (Å²) in [5.41, 5.74) is 3.16. The number of fused-ring (bicyclic) bond motifs is 2. The highest BCUT2D eigenvalue weighted by atomic mass is 16.2. The molecule has 0 radical (unpaired) electrons. The second-order valence-electron chi connectivity index (χ2n) is 8.45. The van der Waals surface area contributed by atoms with Crippen LogP contribution in [0.1, 0.15) is 55.6 Å². The van der Waals surface area contributed by atoms with Crippen molar-refractivity contribution in [3.8, 4) is 0 Å². The van der Waals surface area contributed by atoms with E-state index in [-0.39, 0.29) is 17.5 Å². The summed E-state index contributed by atoms with van der Waals surface area (Å²) in [5.74, 6) is 0.682. The number of rotatable bonds is 8. The van der Waals surface area contributed by atoms with Crippen LogP contribution < -0.4 is 15.8 Å². The Labute approximate surface area is 182 Å². The maximum Gasteiger partial charge on any atom is 0.275 e. The van der Waals surface area contributed by atoms with Crippen molar-refractivity contribution < 1.29 is 9.69 Å². The molecule has 6 heteroatoms. The quantitative estimate of drug-likeness (QED) is 0.524. The van der Waals surface area contributed by atoms with Gasteiger partial charge in [-0.3, -0.25) is 9.59 Å². The van der Waals surface area contributed by atoms with Gasteiger partial charge in [-0.25, -0.2) is 4.98 Å². The number of nitrogens with zero attached hydrogens (tertiary/aromatic N) is 1. The number of quaternary nitrogens is 1. The van der Waals surface area contributed by atoms with E-state index in [4.69, 9.17) is 0 Å². The van der Waals surface area contributed by atoms with E-state index in [1.165, 1.54) is 11.1 Å². The molecule has 0 aliphatic heterocycles. The molecule has 1 unspecified atom stereocenters. The highest BCUT2D eigenvalue weighted by Crippen LogP contribution is 2.29. The van der Waals surface area contributed by atoms with Crippen LogP contribution in [0, 0.1) is 0 Å². The molecule has 2 aromatic carbocycles. The highest BCUT2D eigenvalue weighted by molar-refractivity contribution is 5.78. The van der Waals surface area contributed by atoms with Gasteiger partial charge in [0.25, 0.3) is 11.5 Å². The average Bonchev–Trinajstić information content (AvgIpc) is 2.78. The van der Waals surface area contributed by atoms with Crippen LogP contribution in [0.2, 0.25) is 0 Å². The number of benzene rings is 2. The highest BCUT2D eigenvalue weighted by Gasteiger charge is 2.23. The minimum Gasteiger partial charge on any atom is -0.344 e. The number of para-hydroxylation sites is 1. The number of aromatic nitrogens is 2. The van der Waals surface area contributed by atoms with E-state index < -0.39 is 0 Å². The van der Waals surface area contributed by atoms with E-state index in [1.807, 2.05) is 24.3 Å². The van der Waals surface area contributed by atoms with Gasteiger partial charge in [0.05, 0.1) is 23.5 Å². The molecule has 0 saturated heterocycles. The second-order valence-corrected chi connectivity index (χ2v) is 8.45. The Kier molecular flexibility index (Phi) is 6.77. The summed E-state index contributed by atoms with van der Waals surface area (Å²) < 4.78 is 0. The van der Waals surface area contributed by atoms with E-state index in [0.717, 1.165) is 43.5 Å². The molecule has 0 bridgehead atoms. The molecule has 0 fully saturated rings. The fourth-order valence-corrected chi connectivity index (χ4v) is 4.50. The smallest absolute Gasteiger partial charge is 0.275 e. The summed E-state index contributed by atoms with van der Waals surface area (Å²) >= 11 is 0. The number of hydrogen-bond donors (Lipinski definition) is 3. The molecule has 31 heavy (non-hydrogen) atoms. The summed E-state index contributed by atoms with van der Waals surface area (Å²) in [6.07, 6.45) is 5.23. The van der Waals surface area contributed by atoms with Crippen LogP contribution in [-0.2, 0) is 17.8 Å². The van der Waals surface area contributed by atoms with Crippen LogP contribution in [0.15, 0.2) is 53.3 Å². The molecule has 4 rings (SSSR count). The number of carbonyl (C=O) groups is 1. The number of aromatic amines is 1. The van der Waals surface area contributed by atoms with Crippen molar-refractivity contribution in [3.63, 3.8) is 0 Å². The summed E-state index contributed by atoms with van der Waals surface area (Å²) in [5, 5.41) is 3.85. The number of carbonyl (C=O) groups excluding carboxylic acids is 1. The Morgan fingerprint density at radius 3 is 2.87 bits per heavy atom. The van der Waals surface area contributed by atoms with Gasteiger partial charge >= 0.3 is 0 Å². The number of amides is 1. The lowest BCUT2D eigenvalue weighted by Gasteiger charge is -2.27. The van der Waals surface area contributed by atoms with E-state index in [9.17, 15) is 9.59 Å². The van der Waals surface area contributed by atoms with Crippen LogP contribution in [0.25, 0.3) is 10.9 Å². The maximum absolute atomic E-state index is 12.9. The SMILES string of the molecule is CCCC[NH+](CC(=O)N[C@H]1CCCc2ccccc21)Cc1nc2ccccc2c(=O)[nH]1. The van der Waals surface area contributed by atoms with Gasteiger partial charge in [-0.15, -0.1) is 0 Å². The molecule has 2 atom stereocenters. The largest absolute Gasteiger partial charge is 0.344 e. The third-order valence-corrected chi connectivity index (χ3v) is 6.08. The Balaban J connectivity index is 1.46. The number of unbranched alkanes of at least 4 members (excludes halogenated alkanes) is 1. The van der Waals surface area contributed by atoms with Gasteiger partial charge in [0, 0.05) is 0 Å². The Morgan fingerprint density at radius 2 is 2.00 bits per heavy atom. The van der Waals surface area contributed by atoms with Crippen LogP contribution >= 0.6 is 0 Å². The molecule has 6 nitrogen and oxygen atoms in total. The minimum atomic E-state index is -0.126. The van der Waals surface area contributed by atoms with Crippen LogP contribution in [0.4, 0.5) is 0 Å². The van der Waals surface area contributed by atoms with Crippen molar-refractivity contribution >= 4 is 16.8 Å². The molecule has 3 aromatic rings. The lowest BCUT2D eigenvalue weighted by atomic mass is 9.88. The van der Waals surface area contributed by atoms with Gasteiger partial charge in [0.15, 0.2) is 12.4 Å². The van der Waals surface area contributed by atoms with Crippen molar-refractivity contribution in [2.24, 2.45) is 0 Å². The van der Waals surface area contributed by atoms with Crippen molar-refractivity contribution in [2.45, 2.75) is 51.6 Å². The first-order chi connectivity index (χ1) is 15.1. The van der Waals surface area contributed by atoms with E-state index in [0.29, 0.717) is 29.8 Å². The van der Waals surface area contributed by atoms with Gasteiger partial charge in [-0.05, 0) is 48.9 Å². The van der Waals surface area contributed by atoms with Gasteiger partial charge in [0.1, 0.15) is 6.54 Å². The summed E-state index contributed by atoms with van der Waals surface area (Å²) in [6.45, 7) is 3.90. The molecule has 1 amide bonds. The second kappa shape index (κ2) is 9.88. The zero-order valence-corrected chi connectivity index (χ0v) is 18.1. The lowest BCUT2D eigenvalue weighted by Crippen LogP contribution is -3.12. The van der Waals surface area contributed by atoms with Gasteiger partial charge in [-0.2, -0.15) is 0 Å². The molecule has 0 spiro atoms. The van der Waals surface area contributed by atoms with Crippen molar-refractivity contribution in [2.75, 3.05) is 13.1 Å². The predicted molar refractivity (Wildman–Crippen MR) is 122 cm³/mol. The van der Waals surface area contributed by atoms with Gasteiger partial charge in [-0.1, -0.05) is 49.7 Å². The molecule has 1 aliphatic rings. The predicted octanol–water partition coefficient (Wildman–Crippen LogP) is 2.30. The van der Waals surface area contributed by atoms with Crippen LogP contribution in [0.5, 0.6) is 0 Å². The Bertz CT molecular complexity index is 1110. The summed E-state index contributed by atoms with van der Waals surface area (Å²) in [6, 6.07) is 15.8. The first kappa shape index (κ1) is 21.2. The number of hydrogen-bond acceptors (Lipinski definition) is 3.